The van der Waals surface area contributed by atoms with Gasteiger partial charge in [0.1, 0.15) is 0 Å². The lowest BCUT2D eigenvalue weighted by molar-refractivity contribution is 0.102. The Hall–Kier alpha value is -3.35. The van der Waals surface area contributed by atoms with Gasteiger partial charge < -0.3 is 10.2 Å². The van der Waals surface area contributed by atoms with E-state index >= 15 is 0 Å². The van der Waals surface area contributed by atoms with Crippen LogP contribution < -0.4 is 10.2 Å². The molecule has 28 heavy (non-hydrogen) atoms. The van der Waals surface area contributed by atoms with E-state index in [-0.39, 0.29) is 5.56 Å². The van der Waals surface area contributed by atoms with Gasteiger partial charge in [0, 0.05) is 18.4 Å². The molecular weight excluding hydrogens is 367 g/mol. The molecule has 0 aliphatic rings. The van der Waals surface area contributed by atoms with E-state index in [1.807, 2.05) is 43.0 Å². The molecule has 1 amide bonds. The monoisotopic (exact) mass is 385 g/mol. The zero-order chi connectivity index (χ0) is 20.3. The van der Waals surface area contributed by atoms with Crippen LogP contribution in [0.5, 0.6) is 0 Å². The summed E-state index contributed by atoms with van der Waals surface area (Å²) in [6, 6.07) is 11.2. The number of nitrogens with zero attached hydrogens (tertiary/aromatic N) is 2. The molecule has 1 heterocycles. The summed E-state index contributed by atoms with van der Waals surface area (Å²) in [6.45, 7) is 4.58. The number of benzene rings is 2. The van der Waals surface area contributed by atoms with Crippen molar-refractivity contribution in [2.45, 2.75) is 13.8 Å². The molecule has 7 heteroatoms. The third kappa shape index (κ3) is 3.98. The van der Waals surface area contributed by atoms with Gasteiger partial charge in [-0.1, -0.05) is 12.1 Å². The molecule has 0 bridgehead atoms. The molecule has 144 valence electrons. The maximum absolute atomic E-state index is 13.8. The van der Waals surface area contributed by atoms with Crippen LogP contribution in [0.3, 0.4) is 0 Å². The quantitative estimate of drug-likeness (QED) is 0.613. The van der Waals surface area contributed by atoms with Crippen LogP contribution in [0.1, 0.15) is 22.8 Å². The summed E-state index contributed by atoms with van der Waals surface area (Å²) in [5, 5.41) is 2.25. The zero-order valence-electron chi connectivity index (χ0n) is 15.3. The first-order chi connectivity index (χ1) is 13.4. The normalized spacial score (nSPS) is 10.6. The van der Waals surface area contributed by atoms with E-state index in [4.69, 9.17) is 0 Å². The predicted molar refractivity (Wildman–Crippen MR) is 102 cm³/mol. The molecule has 2 aromatic carbocycles. The van der Waals surface area contributed by atoms with E-state index in [9.17, 15) is 18.0 Å². The van der Waals surface area contributed by atoms with Gasteiger partial charge >= 0.3 is 0 Å². The van der Waals surface area contributed by atoms with Crippen molar-refractivity contribution >= 4 is 23.0 Å². The van der Waals surface area contributed by atoms with Crippen molar-refractivity contribution in [2.24, 2.45) is 0 Å². The Labute approximate surface area is 160 Å². The van der Waals surface area contributed by atoms with Gasteiger partial charge in [-0.25, -0.2) is 13.2 Å². The van der Waals surface area contributed by atoms with E-state index in [2.05, 4.69) is 10.3 Å². The number of rotatable bonds is 5. The van der Waals surface area contributed by atoms with Crippen molar-refractivity contribution in [3.63, 3.8) is 0 Å². The predicted octanol–water partition coefficient (Wildman–Crippen LogP) is 5.22. The Kier molecular flexibility index (Phi) is 5.63. The van der Waals surface area contributed by atoms with Crippen molar-refractivity contribution in [1.29, 1.82) is 0 Å². The largest absolute Gasteiger partial charge is 0.340 e. The highest BCUT2D eigenvalue weighted by molar-refractivity contribution is 6.04. The number of amides is 1. The van der Waals surface area contributed by atoms with E-state index in [1.54, 1.807) is 12.3 Å². The highest BCUT2D eigenvalue weighted by Crippen LogP contribution is 2.26. The number of pyridine rings is 1. The molecule has 0 saturated carbocycles. The number of carbonyl (C=O) groups is 1. The summed E-state index contributed by atoms with van der Waals surface area (Å²) in [6.07, 6.45) is 2.93. The maximum Gasteiger partial charge on any atom is 0.257 e. The molecule has 0 aliphatic heterocycles. The van der Waals surface area contributed by atoms with Gasteiger partial charge in [0.2, 0.25) is 0 Å². The van der Waals surface area contributed by atoms with Crippen LogP contribution in [0.15, 0.2) is 54.9 Å². The minimum absolute atomic E-state index is 0.160. The molecule has 0 atom stereocenters. The molecular formula is C21H18F3N3O. The van der Waals surface area contributed by atoms with Crippen LogP contribution in [-0.4, -0.2) is 17.4 Å². The Bertz CT molecular complexity index is 1020. The van der Waals surface area contributed by atoms with Crippen molar-refractivity contribution in [1.82, 2.24) is 4.98 Å². The van der Waals surface area contributed by atoms with E-state index in [0.717, 1.165) is 23.4 Å². The van der Waals surface area contributed by atoms with Crippen LogP contribution in [0, 0.1) is 24.4 Å². The molecule has 3 rings (SSSR count). The first-order valence-corrected chi connectivity index (χ1v) is 8.64. The molecule has 1 aromatic heterocycles. The van der Waals surface area contributed by atoms with Crippen LogP contribution in [0.2, 0.25) is 0 Å². The highest BCUT2D eigenvalue weighted by Gasteiger charge is 2.17. The van der Waals surface area contributed by atoms with Crippen molar-refractivity contribution in [2.75, 3.05) is 16.8 Å². The fraction of sp³-hybridized carbons (Fsp3) is 0.143. The van der Waals surface area contributed by atoms with E-state index in [1.165, 1.54) is 6.20 Å². The Morgan fingerprint density at radius 1 is 1.04 bits per heavy atom. The van der Waals surface area contributed by atoms with Gasteiger partial charge in [0.15, 0.2) is 17.5 Å². The molecule has 0 saturated heterocycles. The summed E-state index contributed by atoms with van der Waals surface area (Å²) in [5.41, 5.74) is 2.42. The second-order valence-electron chi connectivity index (χ2n) is 6.19. The van der Waals surface area contributed by atoms with E-state index in [0.29, 0.717) is 12.2 Å². The standard InChI is InChI=1S/C21H18F3N3O/c1-3-27(15-6-4-5-13(2)9-15)16-10-14(11-25-12-16)21(28)26-18-8-7-17(22)19(23)20(18)24/h4-12H,3H2,1-2H3,(H,26,28). The molecule has 0 aliphatic carbocycles. The fourth-order valence-corrected chi connectivity index (χ4v) is 2.83. The Balaban J connectivity index is 1.88. The Morgan fingerprint density at radius 3 is 2.54 bits per heavy atom. The summed E-state index contributed by atoms with van der Waals surface area (Å²) in [7, 11) is 0. The lowest BCUT2D eigenvalue weighted by atomic mass is 10.1. The molecule has 4 nitrogen and oxygen atoms in total. The first-order valence-electron chi connectivity index (χ1n) is 8.64. The fourth-order valence-electron chi connectivity index (χ4n) is 2.83. The van der Waals surface area contributed by atoms with Crippen molar-refractivity contribution < 1.29 is 18.0 Å². The highest BCUT2D eigenvalue weighted by atomic mass is 19.2. The van der Waals surface area contributed by atoms with Gasteiger partial charge in [0.05, 0.1) is 23.1 Å². The molecule has 0 radical (unpaired) electrons. The maximum atomic E-state index is 13.8. The lowest BCUT2D eigenvalue weighted by Crippen LogP contribution is -2.18. The number of aryl methyl sites for hydroxylation is 1. The first kappa shape index (κ1) is 19.4. The third-order valence-electron chi connectivity index (χ3n) is 4.21. The molecule has 0 spiro atoms. The van der Waals surface area contributed by atoms with Crippen LogP contribution in [0.25, 0.3) is 0 Å². The second kappa shape index (κ2) is 8.12. The van der Waals surface area contributed by atoms with Gasteiger partial charge in [-0.2, -0.15) is 0 Å². The summed E-state index contributed by atoms with van der Waals surface area (Å²) >= 11 is 0. The van der Waals surface area contributed by atoms with Gasteiger partial charge in [-0.3, -0.25) is 9.78 Å². The molecule has 1 N–H and O–H groups in total. The number of hydrogen-bond donors (Lipinski definition) is 1. The van der Waals surface area contributed by atoms with Crippen LogP contribution >= 0.6 is 0 Å². The summed E-state index contributed by atoms with van der Waals surface area (Å²) in [5.74, 6) is -5.09. The number of halogens is 3. The number of nitrogens with one attached hydrogen (secondary N) is 1. The van der Waals surface area contributed by atoms with Crippen molar-refractivity contribution in [3.8, 4) is 0 Å². The third-order valence-corrected chi connectivity index (χ3v) is 4.21. The number of aromatic nitrogens is 1. The average molecular weight is 385 g/mol. The Morgan fingerprint density at radius 2 is 1.82 bits per heavy atom. The minimum atomic E-state index is -1.64. The van der Waals surface area contributed by atoms with Crippen molar-refractivity contribution in [3.05, 3.63) is 83.4 Å². The number of carbonyl (C=O) groups excluding carboxylic acids is 1. The summed E-state index contributed by atoms with van der Waals surface area (Å²) < 4.78 is 40.2. The van der Waals surface area contributed by atoms with Crippen LogP contribution in [-0.2, 0) is 0 Å². The average Bonchev–Trinajstić information content (AvgIpc) is 2.69. The number of hydrogen-bond acceptors (Lipinski definition) is 3. The second-order valence-corrected chi connectivity index (χ2v) is 6.19. The minimum Gasteiger partial charge on any atom is -0.340 e. The van der Waals surface area contributed by atoms with Gasteiger partial charge in [-0.05, 0) is 49.7 Å². The number of anilines is 3. The topological polar surface area (TPSA) is 45.2 Å². The SMILES string of the molecule is CCN(c1cccc(C)c1)c1cncc(C(=O)Nc2ccc(F)c(F)c2F)c1. The summed E-state index contributed by atoms with van der Waals surface area (Å²) in [4.78, 5) is 18.5. The van der Waals surface area contributed by atoms with E-state index < -0.39 is 29.0 Å². The molecule has 0 unspecified atom stereocenters. The molecule has 0 fully saturated rings. The smallest absolute Gasteiger partial charge is 0.257 e. The lowest BCUT2D eigenvalue weighted by Gasteiger charge is -2.23. The zero-order valence-corrected chi connectivity index (χ0v) is 15.3. The van der Waals surface area contributed by atoms with Gasteiger partial charge in [0.25, 0.3) is 5.91 Å². The van der Waals surface area contributed by atoms with Gasteiger partial charge in [-0.15, -0.1) is 0 Å². The molecule has 3 aromatic rings. The van der Waals surface area contributed by atoms with Crippen LogP contribution in [0.4, 0.5) is 30.2 Å².